The van der Waals surface area contributed by atoms with Gasteiger partial charge in [0.25, 0.3) is 0 Å². The molecule has 6 nitrogen and oxygen atoms in total. The minimum absolute atomic E-state index is 0.186. The molecular weight excluding hydrogens is 262 g/mol. The summed E-state index contributed by atoms with van der Waals surface area (Å²) in [5.41, 5.74) is -0.545. The minimum Gasteiger partial charge on any atom is -0.479 e. The third kappa shape index (κ3) is 5.00. The van der Waals surface area contributed by atoms with Gasteiger partial charge in [0, 0.05) is 25.6 Å². The molecule has 0 aromatic carbocycles. The lowest BCUT2D eigenvalue weighted by Crippen LogP contribution is -2.47. The van der Waals surface area contributed by atoms with Crippen molar-refractivity contribution in [2.45, 2.75) is 52.2 Å². The molecule has 2 atom stereocenters. The molecule has 1 aliphatic rings. The molecule has 6 heteroatoms. The molecule has 0 spiro atoms. The second kappa shape index (κ2) is 6.92. The zero-order chi connectivity index (χ0) is 15.3. The van der Waals surface area contributed by atoms with Crippen LogP contribution in [0.3, 0.4) is 0 Å². The van der Waals surface area contributed by atoms with Gasteiger partial charge in [-0.2, -0.15) is 0 Å². The van der Waals surface area contributed by atoms with Crippen molar-refractivity contribution in [2.75, 3.05) is 19.7 Å². The Morgan fingerprint density at radius 3 is 2.55 bits per heavy atom. The fourth-order valence-electron chi connectivity index (χ4n) is 2.34. The molecule has 1 heterocycles. The first kappa shape index (κ1) is 16.8. The summed E-state index contributed by atoms with van der Waals surface area (Å²) < 4.78 is 10.6. The average Bonchev–Trinajstić information content (AvgIpc) is 2.33. The van der Waals surface area contributed by atoms with Crippen LogP contribution in [-0.2, 0) is 14.3 Å². The molecule has 20 heavy (non-hydrogen) atoms. The standard InChI is InChI=1S/C14H25NO5/c1-5-19-11(12(16)17)10-7-6-8-15(9-10)13(18)20-14(2,3)4/h10-11H,5-9H2,1-4H3,(H,16,17). The first-order valence-electron chi connectivity index (χ1n) is 7.07. The zero-order valence-corrected chi connectivity index (χ0v) is 12.7. The van der Waals surface area contributed by atoms with Crippen molar-refractivity contribution in [3.63, 3.8) is 0 Å². The molecule has 2 unspecified atom stereocenters. The van der Waals surface area contributed by atoms with E-state index in [-0.39, 0.29) is 12.0 Å². The van der Waals surface area contributed by atoms with Crippen molar-refractivity contribution in [1.82, 2.24) is 4.90 Å². The molecule has 0 saturated carbocycles. The van der Waals surface area contributed by atoms with Crippen LogP contribution in [0.15, 0.2) is 0 Å². The number of hydrogen-bond donors (Lipinski definition) is 1. The highest BCUT2D eigenvalue weighted by Crippen LogP contribution is 2.23. The van der Waals surface area contributed by atoms with Crippen molar-refractivity contribution >= 4 is 12.1 Å². The molecule has 0 radical (unpaired) electrons. The first-order chi connectivity index (χ1) is 9.24. The van der Waals surface area contributed by atoms with E-state index >= 15 is 0 Å². The van der Waals surface area contributed by atoms with Crippen molar-refractivity contribution in [2.24, 2.45) is 5.92 Å². The third-order valence-electron chi connectivity index (χ3n) is 3.13. The summed E-state index contributed by atoms with van der Waals surface area (Å²) in [6.45, 7) is 8.52. The summed E-state index contributed by atoms with van der Waals surface area (Å²) in [4.78, 5) is 24.8. The lowest BCUT2D eigenvalue weighted by Gasteiger charge is -2.36. The Balaban J connectivity index is 2.65. The van der Waals surface area contributed by atoms with Gasteiger partial charge in [-0.25, -0.2) is 9.59 Å². The van der Waals surface area contributed by atoms with Crippen LogP contribution in [0, 0.1) is 5.92 Å². The van der Waals surface area contributed by atoms with Crippen LogP contribution in [0.1, 0.15) is 40.5 Å². The first-order valence-corrected chi connectivity index (χ1v) is 7.07. The Morgan fingerprint density at radius 1 is 1.40 bits per heavy atom. The maximum absolute atomic E-state index is 12.0. The number of aliphatic carboxylic acids is 1. The van der Waals surface area contributed by atoms with E-state index in [0.29, 0.717) is 19.7 Å². The number of ether oxygens (including phenoxy) is 2. The second-order valence-corrected chi connectivity index (χ2v) is 6.04. The van der Waals surface area contributed by atoms with Crippen LogP contribution < -0.4 is 0 Å². The lowest BCUT2D eigenvalue weighted by molar-refractivity contribution is -0.155. The predicted molar refractivity (Wildman–Crippen MR) is 73.6 cm³/mol. The van der Waals surface area contributed by atoms with Crippen molar-refractivity contribution in [1.29, 1.82) is 0 Å². The highest BCUT2D eigenvalue weighted by atomic mass is 16.6. The number of carboxylic acids is 1. The largest absolute Gasteiger partial charge is 0.479 e. The Kier molecular flexibility index (Phi) is 5.80. The van der Waals surface area contributed by atoms with E-state index in [1.807, 2.05) is 20.8 Å². The van der Waals surface area contributed by atoms with Gasteiger partial charge >= 0.3 is 12.1 Å². The Labute approximate surface area is 120 Å². The topological polar surface area (TPSA) is 76.1 Å². The van der Waals surface area contributed by atoms with Gasteiger partial charge in [0.2, 0.25) is 0 Å². The molecule has 0 aliphatic carbocycles. The number of carbonyl (C=O) groups is 2. The molecular formula is C14H25NO5. The molecule has 0 aromatic rings. The Bertz CT molecular complexity index is 350. The van der Waals surface area contributed by atoms with Crippen LogP contribution in [0.2, 0.25) is 0 Å². The van der Waals surface area contributed by atoms with E-state index in [2.05, 4.69) is 0 Å². The fraction of sp³-hybridized carbons (Fsp3) is 0.857. The summed E-state index contributed by atoms with van der Waals surface area (Å²) in [6.07, 6.45) is 0.268. The van der Waals surface area contributed by atoms with Crippen LogP contribution >= 0.6 is 0 Å². The van der Waals surface area contributed by atoms with E-state index in [1.165, 1.54) is 0 Å². The minimum atomic E-state index is -0.970. The van der Waals surface area contributed by atoms with Crippen molar-refractivity contribution in [3.05, 3.63) is 0 Å². The number of carbonyl (C=O) groups excluding carboxylic acids is 1. The number of hydrogen-bond acceptors (Lipinski definition) is 4. The smallest absolute Gasteiger partial charge is 0.410 e. The monoisotopic (exact) mass is 287 g/mol. The van der Waals surface area contributed by atoms with Gasteiger partial charge in [0.05, 0.1) is 0 Å². The summed E-state index contributed by atoms with van der Waals surface area (Å²) in [5, 5.41) is 9.21. The molecule has 0 aromatic heterocycles. The maximum Gasteiger partial charge on any atom is 0.410 e. The third-order valence-corrected chi connectivity index (χ3v) is 3.13. The number of likely N-dealkylation sites (tertiary alicyclic amines) is 1. The van der Waals surface area contributed by atoms with Gasteiger partial charge in [-0.15, -0.1) is 0 Å². The summed E-state index contributed by atoms with van der Waals surface area (Å²) >= 11 is 0. The summed E-state index contributed by atoms with van der Waals surface area (Å²) in [6, 6.07) is 0. The number of amides is 1. The fourth-order valence-corrected chi connectivity index (χ4v) is 2.34. The van der Waals surface area contributed by atoms with Gasteiger partial charge in [0.1, 0.15) is 5.60 Å². The Morgan fingerprint density at radius 2 is 2.05 bits per heavy atom. The Hall–Kier alpha value is -1.30. The second-order valence-electron chi connectivity index (χ2n) is 6.04. The van der Waals surface area contributed by atoms with Gasteiger partial charge in [-0.05, 0) is 40.5 Å². The molecule has 1 N–H and O–H groups in total. The molecule has 0 bridgehead atoms. The molecule has 1 aliphatic heterocycles. The number of nitrogens with zero attached hydrogens (tertiary/aromatic N) is 1. The summed E-state index contributed by atoms with van der Waals surface area (Å²) in [7, 11) is 0. The van der Waals surface area contributed by atoms with E-state index in [9.17, 15) is 14.7 Å². The number of rotatable bonds is 4. The van der Waals surface area contributed by atoms with Crippen LogP contribution in [-0.4, -0.2) is 53.5 Å². The van der Waals surface area contributed by atoms with Crippen molar-refractivity contribution in [3.8, 4) is 0 Å². The van der Waals surface area contributed by atoms with Gasteiger partial charge in [0.15, 0.2) is 6.10 Å². The maximum atomic E-state index is 12.0. The molecule has 1 rings (SSSR count). The predicted octanol–water partition coefficient (Wildman–Crippen LogP) is 2.12. The van der Waals surface area contributed by atoms with Crippen LogP contribution in [0.4, 0.5) is 4.79 Å². The quantitative estimate of drug-likeness (QED) is 0.857. The van der Waals surface area contributed by atoms with E-state index < -0.39 is 17.7 Å². The van der Waals surface area contributed by atoms with Crippen LogP contribution in [0.25, 0.3) is 0 Å². The lowest BCUT2D eigenvalue weighted by atomic mass is 9.92. The normalized spacial score (nSPS) is 21.4. The van der Waals surface area contributed by atoms with Gasteiger partial charge in [-0.1, -0.05) is 0 Å². The van der Waals surface area contributed by atoms with Gasteiger partial charge in [-0.3, -0.25) is 0 Å². The molecule has 116 valence electrons. The molecule has 1 saturated heterocycles. The van der Waals surface area contributed by atoms with E-state index in [0.717, 1.165) is 12.8 Å². The summed E-state index contributed by atoms with van der Waals surface area (Å²) in [5.74, 6) is -1.16. The molecule has 1 fully saturated rings. The molecule has 1 amide bonds. The van der Waals surface area contributed by atoms with E-state index in [4.69, 9.17) is 9.47 Å². The van der Waals surface area contributed by atoms with Crippen molar-refractivity contribution < 1.29 is 24.2 Å². The SMILES string of the molecule is CCOC(C(=O)O)C1CCCN(C(=O)OC(C)(C)C)C1. The van der Waals surface area contributed by atoms with Crippen LogP contribution in [0.5, 0.6) is 0 Å². The number of piperidine rings is 1. The van der Waals surface area contributed by atoms with Gasteiger partial charge < -0.3 is 19.5 Å². The zero-order valence-electron chi connectivity index (χ0n) is 12.7. The highest BCUT2D eigenvalue weighted by Gasteiger charge is 2.35. The average molecular weight is 287 g/mol. The van der Waals surface area contributed by atoms with E-state index in [1.54, 1.807) is 11.8 Å². The highest BCUT2D eigenvalue weighted by molar-refractivity contribution is 5.73. The number of carboxylic acid groups (broad SMARTS) is 1.